The largest absolute Gasteiger partial charge is 0.507 e. The molecule has 0 aliphatic carbocycles. The van der Waals surface area contributed by atoms with E-state index in [-0.39, 0.29) is 5.75 Å². The molecule has 0 bridgehead atoms. The van der Waals surface area contributed by atoms with Crippen LogP contribution < -0.4 is 5.43 Å². The molecule has 0 amide bonds. The highest BCUT2D eigenvalue weighted by Gasteiger charge is 2.02. The molecule has 0 fully saturated rings. The fourth-order valence-electron chi connectivity index (χ4n) is 1.71. The average molecular weight is 304 g/mol. The Bertz CT molecular complexity index is 752. The highest BCUT2D eigenvalue weighted by molar-refractivity contribution is 7.22. The predicted octanol–water partition coefficient (Wildman–Crippen LogP) is 4.10. The number of nitrogens with zero attached hydrogens (tertiary/aromatic N) is 2. The molecule has 0 aliphatic rings. The van der Waals surface area contributed by atoms with E-state index < -0.39 is 0 Å². The van der Waals surface area contributed by atoms with Gasteiger partial charge in [0.2, 0.25) is 5.13 Å². The van der Waals surface area contributed by atoms with Crippen LogP contribution in [0.2, 0.25) is 5.02 Å². The monoisotopic (exact) mass is 303 g/mol. The molecular formula is C14H10ClN3OS. The number of hydrogen-bond donors (Lipinski definition) is 2. The first-order valence-electron chi connectivity index (χ1n) is 5.85. The smallest absolute Gasteiger partial charge is 0.204 e. The first kappa shape index (κ1) is 12.9. The molecule has 20 heavy (non-hydrogen) atoms. The Balaban J connectivity index is 1.78. The number of phenols is 1. The second kappa shape index (κ2) is 5.48. The van der Waals surface area contributed by atoms with Gasteiger partial charge >= 0.3 is 0 Å². The van der Waals surface area contributed by atoms with E-state index in [1.807, 2.05) is 24.3 Å². The zero-order valence-corrected chi connectivity index (χ0v) is 11.8. The quantitative estimate of drug-likeness (QED) is 0.565. The molecule has 4 nitrogen and oxygen atoms in total. The molecule has 0 spiro atoms. The van der Waals surface area contributed by atoms with Gasteiger partial charge in [0.25, 0.3) is 0 Å². The zero-order valence-electron chi connectivity index (χ0n) is 10.2. The van der Waals surface area contributed by atoms with Crippen molar-refractivity contribution >= 4 is 44.5 Å². The fourth-order valence-corrected chi connectivity index (χ4v) is 2.70. The molecule has 3 rings (SSSR count). The van der Waals surface area contributed by atoms with Crippen molar-refractivity contribution in [3.63, 3.8) is 0 Å². The van der Waals surface area contributed by atoms with Gasteiger partial charge in [-0.15, -0.1) is 0 Å². The summed E-state index contributed by atoms with van der Waals surface area (Å²) < 4.78 is 1.09. The summed E-state index contributed by atoms with van der Waals surface area (Å²) in [7, 11) is 0. The molecule has 0 atom stereocenters. The second-order valence-electron chi connectivity index (χ2n) is 4.06. The molecule has 1 aromatic heterocycles. The normalized spacial score (nSPS) is 11.2. The molecule has 0 saturated carbocycles. The van der Waals surface area contributed by atoms with Gasteiger partial charge in [-0.3, -0.25) is 5.43 Å². The Kier molecular flexibility index (Phi) is 3.54. The molecule has 3 aromatic rings. The van der Waals surface area contributed by atoms with Crippen molar-refractivity contribution in [2.24, 2.45) is 5.10 Å². The highest BCUT2D eigenvalue weighted by Crippen LogP contribution is 2.25. The number of halogens is 1. The summed E-state index contributed by atoms with van der Waals surface area (Å²) in [5.74, 6) is 0.129. The van der Waals surface area contributed by atoms with Gasteiger partial charge in [-0.05, 0) is 30.3 Å². The number of aromatic nitrogens is 1. The molecule has 100 valence electrons. The molecule has 0 saturated heterocycles. The van der Waals surface area contributed by atoms with Crippen molar-refractivity contribution in [3.8, 4) is 5.75 Å². The summed E-state index contributed by atoms with van der Waals surface area (Å²) in [5, 5.41) is 15.0. The van der Waals surface area contributed by atoms with Gasteiger partial charge in [-0.1, -0.05) is 35.1 Å². The molecule has 2 N–H and O–H groups in total. The molecule has 0 aliphatic heterocycles. The minimum absolute atomic E-state index is 0.129. The molecular weight excluding hydrogens is 294 g/mol. The Morgan fingerprint density at radius 1 is 1.25 bits per heavy atom. The van der Waals surface area contributed by atoms with Gasteiger partial charge in [-0.2, -0.15) is 5.10 Å². The lowest BCUT2D eigenvalue weighted by atomic mass is 10.2. The minimum Gasteiger partial charge on any atom is -0.507 e. The van der Waals surface area contributed by atoms with Gasteiger partial charge in [-0.25, -0.2) is 4.98 Å². The third kappa shape index (κ3) is 2.74. The number of nitrogens with one attached hydrogen (secondary N) is 1. The van der Waals surface area contributed by atoms with Gasteiger partial charge in [0, 0.05) is 10.6 Å². The number of hydrogen-bond acceptors (Lipinski definition) is 5. The summed E-state index contributed by atoms with van der Waals surface area (Å²) in [6.45, 7) is 0. The Hall–Kier alpha value is -2.11. The maximum absolute atomic E-state index is 9.66. The van der Waals surface area contributed by atoms with Gasteiger partial charge < -0.3 is 5.11 Å². The van der Waals surface area contributed by atoms with Crippen LogP contribution in [-0.4, -0.2) is 16.3 Å². The van der Waals surface area contributed by atoms with Crippen LogP contribution >= 0.6 is 22.9 Å². The van der Waals surface area contributed by atoms with Gasteiger partial charge in [0.15, 0.2) is 0 Å². The maximum Gasteiger partial charge on any atom is 0.204 e. The topological polar surface area (TPSA) is 57.5 Å². The van der Waals surface area contributed by atoms with E-state index in [2.05, 4.69) is 15.5 Å². The molecule has 2 aromatic carbocycles. The van der Waals surface area contributed by atoms with Crippen LogP contribution in [0.25, 0.3) is 10.2 Å². The van der Waals surface area contributed by atoms with E-state index in [0.717, 1.165) is 10.2 Å². The van der Waals surface area contributed by atoms with Crippen molar-refractivity contribution in [3.05, 3.63) is 53.1 Å². The lowest BCUT2D eigenvalue weighted by Crippen LogP contribution is -1.90. The van der Waals surface area contributed by atoms with Crippen LogP contribution in [-0.2, 0) is 0 Å². The lowest BCUT2D eigenvalue weighted by molar-refractivity contribution is 0.474. The average Bonchev–Trinajstić information content (AvgIpc) is 2.85. The van der Waals surface area contributed by atoms with E-state index in [0.29, 0.717) is 15.7 Å². The number of fused-ring (bicyclic) bond motifs is 1. The number of anilines is 1. The number of benzene rings is 2. The van der Waals surface area contributed by atoms with Gasteiger partial charge in [0.05, 0.1) is 16.4 Å². The molecule has 1 heterocycles. The number of hydrazone groups is 1. The van der Waals surface area contributed by atoms with E-state index >= 15 is 0 Å². The van der Waals surface area contributed by atoms with E-state index in [4.69, 9.17) is 11.6 Å². The summed E-state index contributed by atoms with van der Waals surface area (Å²) in [6.07, 6.45) is 1.51. The standard InChI is InChI=1S/C14H10ClN3OS/c15-10-5-6-12(19)9(7-10)8-16-18-14-17-11-3-1-2-4-13(11)20-14/h1-8,19H,(H,17,18)/b16-8-. The lowest BCUT2D eigenvalue weighted by Gasteiger charge is -1.98. The van der Waals surface area contributed by atoms with E-state index in [1.165, 1.54) is 23.6 Å². The number of phenolic OH excluding ortho intramolecular Hbond substituents is 1. The van der Waals surface area contributed by atoms with Crippen molar-refractivity contribution in [2.75, 3.05) is 5.43 Å². The fraction of sp³-hybridized carbons (Fsp3) is 0. The Morgan fingerprint density at radius 3 is 2.95 bits per heavy atom. The van der Waals surface area contributed by atoms with E-state index in [1.54, 1.807) is 12.1 Å². The number of rotatable bonds is 3. The SMILES string of the molecule is Oc1ccc(Cl)cc1/C=N\Nc1nc2ccccc2s1. The van der Waals surface area contributed by atoms with Crippen LogP contribution in [0.3, 0.4) is 0 Å². The summed E-state index contributed by atoms with van der Waals surface area (Å²) in [4.78, 5) is 4.39. The zero-order chi connectivity index (χ0) is 13.9. The molecule has 0 radical (unpaired) electrons. The number of para-hydroxylation sites is 1. The molecule has 6 heteroatoms. The highest BCUT2D eigenvalue weighted by atomic mass is 35.5. The van der Waals surface area contributed by atoms with Crippen molar-refractivity contribution < 1.29 is 5.11 Å². The number of thiazole rings is 1. The first-order valence-corrected chi connectivity index (χ1v) is 7.05. The first-order chi connectivity index (χ1) is 9.72. The van der Waals surface area contributed by atoms with Crippen LogP contribution in [0.4, 0.5) is 5.13 Å². The molecule has 0 unspecified atom stereocenters. The van der Waals surface area contributed by atoms with Crippen LogP contribution in [0, 0.1) is 0 Å². The van der Waals surface area contributed by atoms with Gasteiger partial charge in [0.1, 0.15) is 5.75 Å². The second-order valence-corrected chi connectivity index (χ2v) is 5.53. The predicted molar refractivity (Wildman–Crippen MR) is 84.0 cm³/mol. The van der Waals surface area contributed by atoms with Crippen molar-refractivity contribution in [1.82, 2.24) is 4.98 Å². The summed E-state index contributed by atoms with van der Waals surface area (Å²) in [6, 6.07) is 12.7. The third-order valence-corrected chi connectivity index (χ3v) is 3.82. The summed E-state index contributed by atoms with van der Waals surface area (Å²) in [5.41, 5.74) is 4.33. The Morgan fingerprint density at radius 2 is 2.10 bits per heavy atom. The third-order valence-electron chi connectivity index (χ3n) is 2.65. The Labute approximate surface area is 124 Å². The van der Waals surface area contributed by atoms with E-state index in [9.17, 15) is 5.11 Å². The van der Waals surface area contributed by atoms with Crippen LogP contribution in [0.5, 0.6) is 5.75 Å². The maximum atomic E-state index is 9.66. The number of aromatic hydroxyl groups is 1. The van der Waals surface area contributed by atoms with Crippen LogP contribution in [0.1, 0.15) is 5.56 Å². The van der Waals surface area contributed by atoms with Crippen LogP contribution in [0.15, 0.2) is 47.6 Å². The van der Waals surface area contributed by atoms with Crippen molar-refractivity contribution in [1.29, 1.82) is 0 Å². The minimum atomic E-state index is 0.129. The summed E-state index contributed by atoms with van der Waals surface area (Å²) >= 11 is 7.38. The van der Waals surface area contributed by atoms with Crippen molar-refractivity contribution in [2.45, 2.75) is 0 Å².